The normalized spacial score (nSPS) is 20.6. The van der Waals surface area contributed by atoms with Crippen LogP contribution in [-0.4, -0.2) is 29.4 Å². The van der Waals surface area contributed by atoms with Gasteiger partial charge in [0.25, 0.3) is 0 Å². The van der Waals surface area contributed by atoms with Gasteiger partial charge in [-0.2, -0.15) is 0 Å². The minimum Gasteiger partial charge on any atom is -0.374 e. The van der Waals surface area contributed by atoms with E-state index in [4.69, 9.17) is 0 Å². The first-order chi connectivity index (χ1) is 9.61. The lowest BCUT2D eigenvalue weighted by atomic mass is 9.99. The minimum atomic E-state index is -0.163. The van der Waals surface area contributed by atoms with Gasteiger partial charge in [0.05, 0.1) is 0 Å². The highest BCUT2D eigenvalue weighted by molar-refractivity contribution is 5.84. The Morgan fingerprint density at radius 1 is 1.45 bits per heavy atom. The monoisotopic (exact) mass is 274 g/mol. The molecule has 1 heterocycles. The topological polar surface area (TPSA) is 32.3 Å². The minimum absolute atomic E-state index is 0.163. The summed E-state index contributed by atoms with van der Waals surface area (Å²) in [5, 5.41) is 3.33. The Morgan fingerprint density at radius 2 is 2.25 bits per heavy atom. The van der Waals surface area contributed by atoms with E-state index >= 15 is 0 Å². The maximum atomic E-state index is 12.6. The average Bonchev–Trinajstić information content (AvgIpc) is 2.46. The fourth-order valence-electron chi connectivity index (χ4n) is 3.01. The fourth-order valence-corrected chi connectivity index (χ4v) is 3.01. The van der Waals surface area contributed by atoms with Crippen LogP contribution in [0.2, 0.25) is 0 Å². The number of hydrogen-bond donors (Lipinski definition) is 1. The lowest BCUT2D eigenvalue weighted by molar-refractivity contribution is -0.135. The van der Waals surface area contributed by atoms with Gasteiger partial charge in [0.15, 0.2) is 0 Å². The Labute approximate surface area is 122 Å². The van der Waals surface area contributed by atoms with Gasteiger partial charge in [0, 0.05) is 18.3 Å². The molecule has 1 aromatic rings. The summed E-state index contributed by atoms with van der Waals surface area (Å²) in [4.78, 5) is 14.7. The van der Waals surface area contributed by atoms with E-state index in [9.17, 15) is 4.79 Å². The zero-order valence-electron chi connectivity index (χ0n) is 12.9. The van der Waals surface area contributed by atoms with Crippen LogP contribution in [0.3, 0.4) is 0 Å². The van der Waals surface area contributed by atoms with E-state index in [1.54, 1.807) is 0 Å². The Balaban J connectivity index is 2.00. The number of rotatable bonds is 4. The standard InChI is InChI=1S/C17H26N2O/c1-4-16-10-5-6-11-19(16)17(20)14(3)18-15-9-7-8-13(2)12-15/h7-9,12,14,16,18H,4-6,10-11H2,1-3H3. The zero-order valence-corrected chi connectivity index (χ0v) is 12.9. The van der Waals surface area contributed by atoms with Gasteiger partial charge in [-0.1, -0.05) is 19.1 Å². The molecule has 3 heteroatoms. The van der Waals surface area contributed by atoms with Gasteiger partial charge in [-0.05, 0) is 57.2 Å². The van der Waals surface area contributed by atoms with Crippen LogP contribution in [0, 0.1) is 6.92 Å². The molecule has 3 nitrogen and oxygen atoms in total. The Morgan fingerprint density at radius 3 is 2.95 bits per heavy atom. The number of nitrogens with zero attached hydrogens (tertiary/aromatic N) is 1. The van der Waals surface area contributed by atoms with Crippen LogP contribution >= 0.6 is 0 Å². The number of benzene rings is 1. The molecule has 0 aliphatic carbocycles. The smallest absolute Gasteiger partial charge is 0.245 e. The van der Waals surface area contributed by atoms with Gasteiger partial charge >= 0.3 is 0 Å². The van der Waals surface area contributed by atoms with E-state index in [0.29, 0.717) is 6.04 Å². The Hall–Kier alpha value is -1.51. The van der Waals surface area contributed by atoms with E-state index < -0.39 is 0 Å². The summed E-state index contributed by atoms with van der Waals surface area (Å²) in [5.74, 6) is 0.234. The van der Waals surface area contributed by atoms with Crippen molar-refractivity contribution in [2.75, 3.05) is 11.9 Å². The highest BCUT2D eigenvalue weighted by Gasteiger charge is 2.28. The largest absolute Gasteiger partial charge is 0.374 e. The third-order valence-electron chi connectivity index (χ3n) is 4.15. The van der Waals surface area contributed by atoms with Gasteiger partial charge < -0.3 is 10.2 Å². The van der Waals surface area contributed by atoms with Crippen molar-refractivity contribution < 1.29 is 4.79 Å². The molecule has 2 rings (SSSR count). The van der Waals surface area contributed by atoms with E-state index in [2.05, 4.69) is 36.2 Å². The summed E-state index contributed by atoms with van der Waals surface area (Å²) in [6, 6.07) is 8.45. The second-order valence-corrected chi connectivity index (χ2v) is 5.82. The third kappa shape index (κ3) is 3.53. The number of carbonyl (C=O) groups excluding carboxylic acids is 1. The Kier molecular flexibility index (Phi) is 5.05. The van der Waals surface area contributed by atoms with Crippen LogP contribution in [0.5, 0.6) is 0 Å². The zero-order chi connectivity index (χ0) is 14.5. The van der Waals surface area contributed by atoms with Crippen molar-refractivity contribution in [3.8, 4) is 0 Å². The number of piperidine rings is 1. The molecule has 110 valence electrons. The first-order valence-electron chi connectivity index (χ1n) is 7.75. The molecule has 0 radical (unpaired) electrons. The highest BCUT2D eigenvalue weighted by atomic mass is 16.2. The third-order valence-corrected chi connectivity index (χ3v) is 4.15. The van der Waals surface area contributed by atoms with E-state index in [1.165, 1.54) is 12.0 Å². The summed E-state index contributed by atoms with van der Waals surface area (Å²) in [6.45, 7) is 7.12. The van der Waals surface area contributed by atoms with Crippen LogP contribution in [0.15, 0.2) is 24.3 Å². The molecule has 0 aromatic heterocycles. The van der Waals surface area contributed by atoms with Crippen molar-refractivity contribution in [1.82, 2.24) is 4.90 Å². The number of carbonyl (C=O) groups is 1. The SMILES string of the molecule is CCC1CCCCN1C(=O)C(C)Nc1cccc(C)c1. The molecule has 1 amide bonds. The molecule has 1 aliphatic heterocycles. The van der Waals surface area contributed by atoms with Gasteiger partial charge in [-0.15, -0.1) is 0 Å². The number of aryl methyl sites for hydroxylation is 1. The Bertz CT molecular complexity index is 458. The summed E-state index contributed by atoms with van der Waals surface area (Å²) in [5.41, 5.74) is 2.23. The molecule has 0 bridgehead atoms. The van der Waals surface area contributed by atoms with Gasteiger partial charge in [0.2, 0.25) is 5.91 Å². The molecule has 2 atom stereocenters. The van der Waals surface area contributed by atoms with E-state index in [-0.39, 0.29) is 11.9 Å². The average molecular weight is 274 g/mol. The van der Waals surface area contributed by atoms with Crippen molar-refractivity contribution in [3.63, 3.8) is 0 Å². The summed E-state index contributed by atoms with van der Waals surface area (Å²) in [7, 11) is 0. The van der Waals surface area contributed by atoms with Gasteiger partial charge in [0.1, 0.15) is 6.04 Å². The number of anilines is 1. The number of nitrogens with one attached hydrogen (secondary N) is 1. The summed E-state index contributed by atoms with van der Waals surface area (Å²) >= 11 is 0. The molecule has 0 saturated carbocycles. The van der Waals surface area contributed by atoms with Crippen LogP contribution in [-0.2, 0) is 4.79 Å². The molecule has 1 aromatic carbocycles. The number of hydrogen-bond acceptors (Lipinski definition) is 2. The first-order valence-corrected chi connectivity index (χ1v) is 7.75. The predicted molar refractivity (Wildman–Crippen MR) is 83.9 cm³/mol. The molecule has 1 saturated heterocycles. The number of likely N-dealkylation sites (tertiary alicyclic amines) is 1. The lowest BCUT2D eigenvalue weighted by Crippen LogP contribution is -2.49. The maximum absolute atomic E-state index is 12.6. The quantitative estimate of drug-likeness (QED) is 0.910. The van der Waals surface area contributed by atoms with E-state index in [1.807, 2.05) is 19.1 Å². The molecular weight excluding hydrogens is 248 g/mol. The van der Waals surface area contributed by atoms with Crippen molar-refractivity contribution in [3.05, 3.63) is 29.8 Å². The van der Waals surface area contributed by atoms with Crippen LogP contribution in [0.4, 0.5) is 5.69 Å². The molecule has 20 heavy (non-hydrogen) atoms. The summed E-state index contributed by atoms with van der Waals surface area (Å²) in [6.07, 6.45) is 4.60. The van der Waals surface area contributed by atoms with Gasteiger partial charge in [-0.25, -0.2) is 0 Å². The molecule has 2 unspecified atom stereocenters. The van der Waals surface area contributed by atoms with Crippen LogP contribution < -0.4 is 5.32 Å². The van der Waals surface area contributed by atoms with Crippen LogP contribution in [0.25, 0.3) is 0 Å². The second kappa shape index (κ2) is 6.78. The predicted octanol–water partition coefficient (Wildman–Crippen LogP) is 3.59. The molecule has 0 spiro atoms. The maximum Gasteiger partial charge on any atom is 0.245 e. The van der Waals surface area contributed by atoms with Gasteiger partial charge in [-0.3, -0.25) is 4.79 Å². The second-order valence-electron chi connectivity index (χ2n) is 5.82. The van der Waals surface area contributed by atoms with Crippen molar-refractivity contribution >= 4 is 11.6 Å². The molecule has 1 N–H and O–H groups in total. The molecule has 1 fully saturated rings. The summed E-state index contributed by atoms with van der Waals surface area (Å²) < 4.78 is 0. The van der Waals surface area contributed by atoms with Crippen molar-refractivity contribution in [1.29, 1.82) is 0 Å². The molecule has 1 aliphatic rings. The van der Waals surface area contributed by atoms with Crippen molar-refractivity contribution in [2.24, 2.45) is 0 Å². The van der Waals surface area contributed by atoms with E-state index in [0.717, 1.165) is 31.5 Å². The highest BCUT2D eigenvalue weighted by Crippen LogP contribution is 2.21. The van der Waals surface area contributed by atoms with Crippen LogP contribution in [0.1, 0.15) is 45.1 Å². The van der Waals surface area contributed by atoms with Crippen molar-refractivity contribution in [2.45, 2.75) is 58.5 Å². The lowest BCUT2D eigenvalue weighted by Gasteiger charge is -2.37. The first kappa shape index (κ1) is 14.9. The number of amides is 1. The fraction of sp³-hybridized carbons (Fsp3) is 0.588. The molecular formula is C17H26N2O.